The Kier molecular flexibility index (Phi) is 4.78. The highest BCUT2D eigenvalue weighted by Crippen LogP contribution is 2.31. The minimum absolute atomic E-state index is 0.0670. The molecule has 0 heterocycles. The van der Waals surface area contributed by atoms with Crippen molar-refractivity contribution in [3.8, 4) is 11.5 Å². The van der Waals surface area contributed by atoms with E-state index in [1.54, 1.807) is 44.0 Å². The monoisotopic (exact) mass is 267 g/mol. The fourth-order valence-corrected chi connectivity index (χ4v) is 1.58. The number of nitrogens with zero attached hydrogens (tertiary/aromatic N) is 1. The van der Waals surface area contributed by atoms with Crippen LogP contribution in [0.3, 0.4) is 0 Å². The Labute approximate surface area is 113 Å². The van der Waals surface area contributed by atoms with E-state index in [1.165, 1.54) is 0 Å². The van der Waals surface area contributed by atoms with Crippen LogP contribution in [0, 0.1) is 0 Å². The zero-order valence-corrected chi connectivity index (χ0v) is 11.8. The first-order chi connectivity index (χ1) is 8.80. The van der Waals surface area contributed by atoms with E-state index in [0.29, 0.717) is 24.5 Å². The zero-order valence-electron chi connectivity index (χ0n) is 11.8. The second-order valence-electron chi connectivity index (χ2n) is 4.92. The number of ether oxygens (including phenoxy) is 1. The Morgan fingerprint density at radius 1 is 1.42 bits per heavy atom. The molecule has 2 N–H and O–H groups in total. The number of phenolic OH excluding ortho intramolecular Hbond substituents is 1. The van der Waals surface area contributed by atoms with Crippen LogP contribution >= 0.6 is 0 Å². The van der Waals surface area contributed by atoms with Gasteiger partial charge in [0, 0.05) is 12.1 Å². The average Bonchev–Trinajstić information content (AvgIpc) is 2.34. The lowest BCUT2D eigenvalue weighted by molar-refractivity contribution is -0.148. The molecule has 0 aromatic heterocycles. The molecule has 5 nitrogen and oxygen atoms in total. The summed E-state index contributed by atoms with van der Waals surface area (Å²) < 4.78 is 5.31. The van der Waals surface area contributed by atoms with Crippen LogP contribution in [0.15, 0.2) is 18.2 Å². The van der Waals surface area contributed by atoms with E-state index < -0.39 is 11.5 Å². The van der Waals surface area contributed by atoms with Gasteiger partial charge >= 0.3 is 5.97 Å². The summed E-state index contributed by atoms with van der Waals surface area (Å²) in [5, 5.41) is 19.2. The second-order valence-corrected chi connectivity index (χ2v) is 4.92. The number of carbonyl (C=O) groups is 1. The highest BCUT2D eigenvalue weighted by Gasteiger charge is 2.32. The Balaban J connectivity index is 2.94. The van der Waals surface area contributed by atoms with Crippen molar-refractivity contribution in [3.05, 3.63) is 23.8 Å². The number of para-hydroxylation sites is 1. The summed E-state index contributed by atoms with van der Waals surface area (Å²) in [4.78, 5) is 12.8. The summed E-state index contributed by atoms with van der Waals surface area (Å²) in [5.41, 5.74) is -0.364. The molecule has 0 saturated carbocycles. The molecule has 0 amide bonds. The zero-order chi connectivity index (χ0) is 14.6. The molecule has 0 bridgehead atoms. The number of carboxylic acid groups (broad SMARTS) is 1. The highest BCUT2D eigenvalue weighted by molar-refractivity contribution is 5.77. The molecular weight excluding hydrogens is 246 g/mol. The van der Waals surface area contributed by atoms with Gasteiger partial charge in [-0.3, -0.25) is 9.69 Å². The van der Waals surface area contributed by atoms with E-state index in [9.17, 15) is 9.90 Å². The van der Waals surface area contributed by atoms with Crippen LogP contribution in [0.2, 0.25) is 0 Å². The van der Waals surface area contributed by atoms with Crippen LogP contribution in [0.4, 0.5) is 0 Å². The van der Waals surface area contributed by atoms with Gasteiger partial charge in [0.05, 0.1) is 6.61 Å². The second kappa shape index (κ2) is 5.93. The Morgan fingerprint density at radius 2 is 2.05 bits per heavy atom. The summed E-state index contributed by atoms with van der Waals surface area (Å²) in [7, 11) is 1.71. The smallest absolute Gasteiger partial charge is 0.323 e. The van der Waals surface area contributed by atoms with Crippen molar-refractivity contribution in [1.29, 1.82) is 0 Å². The van der Waals surface area contributed by atoms with E-state index in [-0.39, 0.29) is 5.75 Å². The summed E-state index contributed by atoms with van der Waals surface area (Å²) in [6.45, 7) is 5.88. The fraction of sp³-hybridized carbons (Fsp3) is 0.500. The van der Waals surface area contributed by atoms with E-state index in [2.05, 4.69) is 0 Å². The molecule has 0 aliphatic rings. The van der Waals surface area contributed by atoms with Crippen molar-refractivity contribution < 1.29 is 19.7 Å². The number of phenols is 1. The number of rotatable bonds is 6. The largest absolute Gasteiger partial charge is 0.504 e. The van der Waals surface area contributed by atoms with Crippen molar-refractivity contribution in [3.63, 3.8) is 0 Å². The number of likely N-dealkylation sites (N-methyl/N-ethyl adjacent to an activating group) is 1. The van der Waals surface area contributed by atoms with Gasteiger partial charge in [0.1, 0.15) is 5.54 Å². The first-order valence-corrected chi connectivity index (χ1v) is 6.19. The van der Waals surface area contributed by atoms with Gasteiger partial charge in [-0.2, -0.15) is 0 Å². The van der Waals surface area contributed by atoms with Crippen molar-refractivity contribution in [2.24, 2.45) is 0 Å². The normalized spacial score (nSPS) is 11.6. The maximum absolute atomic E-state index is 11.2. The molecule has 0 radical (unpaired) electrons. The van der Waals surface area contributed by atoms with Gasteiger partial charge in [-0.15, -0.1) is 0 Å². The van der Waals surface area contributed by atoms with Crippen molar-refractivity contribution in [2.45, 2.75) is 32.9 Å². The summed E-state index contributed by atoms with van der Waals surface area (Å²) in [6.07, 6.45) is 0. The molecule has 1 rings (SSSR count). The van der Waals surface area contributed by atoms with Crippen LogP contribution in [0.5, 0.6) is 11.5 Å². The van der Waals surface area contributed by atoms with E-state index in [4.69, 9.17) is 9.84 Å². The van der Waals surface area contributed by atoms with Gasteiger partial charge in [-0.05, 0) is 33.9 Å². The standard InChI is InChI=1S/C14H21NO4/c1-5-19-11-8-6-7-10(12(11)16)9-15(4)14(2,3)13(17)18/h6-8,16H,5,9H2,1-4H3,(H,17,18). The van der Waals surface area contributed by atoms with Gasteiger partial charge < -0.3 is 14.9 Å². The summed E-state index contributed by atoms with van der Waals surface area (Å²) >= 11 is 0. The molecule has 0 saturated heterocycles. The van der Waals surface area contributed by atoms with Crippen LogP contribution in [0.25, 0.3) is 0 Å². The van der Waals surface area contributed by atoms with Gasteiger partial charge in [0.2, 0.25) is 0 Å². The number of aromatic hydroxyl groups is 1. The summed E-state index contributed by atoms with van der Waals surface area (Å²) in [6, 6.07) is 5.22. The molecule has 0 fully saturated rings. The molecule has 0 unspecified atom stereocenters. The number of aliphatic carboxylic acids is 1. The molecule has 5 heteroatoms. The van der Waals surface area contributed by atoms with E-state index in [1.807, 2.05) is 6.92 Å². The van der Waals surface area contributed by atoms with E-state index in [0.717, 1.165) is 0 Å². The maximum atomic E-state index is 11.2. The first-order valence-electron chi connectivity index (χ1n) is 6.19. The third-order valence-corrected chi connectivity index (χ3v) is 3.27. The minimum atomic E-state index is -1.01. The number of hydrogen-bond donors (Lipinski definition) is 2. The van der Waals surface area contributed by atoms with Gasteiger partial charge in [-0.1, -0.05) is 12.1 Å². The molecule has 19 heavy (non-hydrogen) atoms. The Hall–Kier alpha value is -1.75. The minimum Gasteiger partial charge on any atom is -0.504 e. The lowest BCUT2D eigenvalue weighted by Gasteiger charge is -2.31. The molecule has 0 spiro atoms. The van der Waals surface area contributed by atoms with Crippen molar-refractivity contribution >= 4 is 5.97 Å². The van der Waals surface area contributed by atoms with Crippen LogP contribution in [0.1, 0.15) is 26.3 Å². The lowest BCUT2D eigenvalue weighted by atomic mass is 10.0. The van der Waals surface area contributed by atoms with Gasteiger partial charge in [-0.25, -0.2) is 0 Å². The molecule has 0 aliphatic carbocycles. The quantitative estimate of drug-likeness (QED) is 0.826. The van der Waals surface area contributed by atoms with E-state index >= 15 is 0 Å². The van der Waals surface area contributed by atoms with Crippen LogP contribution < -0.4 is 4.74 Å². The molecule has 0 atom stereocenters. The number of benzene rings is 1. The van der Waals surface area contributed by atoms with Gasteiger partial charge in [0.25, 0.3) is 0 Å². The SMILES string of the molecule is CCOc1cccc(CN(C)C(C)(C)C(=O)O)c1O. The van der Waals surface area contributed by atoms with Crippen molar-refractivity contribution in [2.75, 3.05) is 13.7 Å². The third-order valence-electron chi connectivity index (χ3n) is 3.27. The molecule has 106 valence electrons. The lowest BCUT2D eigenvalue weighted by Crippen LogP contribution is -2.47. The Morgan fingerprint density at radius 3 is 2.58 bits per heavy atom. The average molecular weight is 267 g/mol. The molecule has 1 aromatic rings. The maximum Gasteiger partial charge on any atom is 0.323 e. The third kappa shape index (κ3) is 3.38. The van der Waals surface area contributed by atoms with Crippen LogP contribution in [-0.2, 0) is 11.3 Å². The van der Waals surface area contributed by atoms with Crippen molar-refractivity contribution in [1.82, 2.24) is 4.90 Å². The first kappa shape index (κ1) is 15.3. The van der Waals surface area contributed by atoms with Crippen LogP contribution in [-0.4, -0.2) is 40.3 Å². The van der Waals surface area contributed by atoms with Gasteiger partial charge in [0.15, 0.2) is 11.5 Å². The predicted molar refractivity (Wildman–Crippen MR) is 72.5 cm³/mol. The Bertz CT molecular complexity index is 457. The molecule has 1 aromatic carbocycles. The number of carboxylic acids is 1. The number of hydrogen-bond acceptors (Lipinski definition) is 4. The predicted octanol–water partition coefficient (Wildman–Crippen LogP) is 2.09. The molecular formula is C14H21NO4. The fourth-order valence-electron chi connectivity index (χ4n) is 1.58. The highest BCUT2D eigenvalue weighted by atomic mass is 16.5. The summed E-state index contributed by atoms with van der Waals surface area (Å²) in [5.74, 6) is -0.422. The topological polar surface area (TPSA) is 70.0 Å². The molecule has 0 aliphatic heterocycles.